The number of aliphatic hydroxyl groups excluding tert-OH is 1. The largest absolute Gasteiger partial charge is 0.507 e. The number of fused-ring (bicyclic) bond motifs is 1. The van der Waals surface area contributed by atoms with E-state index >= 15 is 0 Å². The van der Waals surface area contributed by atoms with Crippen LogP contribution in [0.5, 0.6) is 0 Å². The third kappa shape index (κ3) is 3.41. The predicted octanol–water partition coefficient (Wildman–Crippen LogP) is 4.44. The first-order valence-corrected chi connectivity index (χ1v) is 10.6. The second-order valence-electron chi connectivity index (χ2n) is 8.02. The lowest BCUT2D eigenvalue weighted by Crippen LogP contribution is -2.36. The van der Waals surface area contributed by atoms with Crippen LogP contribution < -0.4 is 0 Å². The molecule has 1 amide bonds. The van der Waals surface area contributed by atoms with Gasteiger partial charge in [-0.3, -0.25) is 9.59 Å². The standard InChI is InChI=1S/C26H23NO4/c28-24(18-9-2-1-3-10-18)22-23(21-14-6-11-17-8-4-5-13-20(17)21)27(26(30)25(22)29)16-19-12-7-15-31-19/h1-6,8-11,13-14,19,23,28H,7,12,15-16H2/b24-22-. The Balaban J connectivity index is 1.71. The van der Waals surface area contributed by atoms with Crippen molar-refractivity contribution in [2.75, 3.05) is 13.2 Å². The smallest absolute Gasteiger partial charge is 0.295 e. The number of amides is 1. The number of nitrogens with zero attached hydrogens (tertiary/aromatic N) is 1. The summed E-state index contributed by atoms with van der Waals surface area (Å²) in [6.07, 6.45) is 1.69. The molecule has 2 saturated heterocycles. The lowest BCUT2D eigenvalue weighted by molar-refractivity contribution is -0.140. The van der Waals surface area contributed by atoms with Gasteiger partial charge in [0.25, 0.3) is 11.7 Å². The molecule has 5 rings (SSSR count). The summed E-state index contributed by atoms with van der Waals surface area (Å²) in [6, 6.07) is 22.0. The van der Waals surface area contributed by atoms with Crippen molar-refractivity contribution >= 4 is 28.2 Å². The lowest BCUT2D eigenvalue weighted by atomic mass is 9.91. The molecule has 2 atom stereocenters. The number of ether oxygens (including phenoxy) is 1. The Morgan fingerprint density at radius 1 is 0.968 bits per heavy atom. The number of rotatable bonds is 4. The van der Waals surface area contributed by atoms with Crippen molar-refractivity contribution in [3.63, 3.8) is 0 Å². The first-order valence-electron chi connectivity index (χ1n) is 10.6. The monoisotopic (exact) mass is 413 g/mol. The van der Waals surface area contributed by atoms with Crippen molar-refractivity contribution in [3.05, 3.63) is 89.5 Å². The molecule has 0 saturated carbocycles. The quantitative estimate of drug-likeness (QED) is 0.390. The summed E-state index contributed by atoms with van der Waals surface area (Å²) in [7, 11) is 0. The Labute approximate surface area is 180 Å². The summed E-state index contributed by atoms with van der Waals surface area (Å²) in [4.78, 5) is 27.9. The van der Waals surface area contributed by atoms with E-state index in [1.165, 1.54) is 0 Å². The van der Waals surface area contributed by atoms with Gasteiger partial charge in [0.1, 0.15) is 5.76 Å². The Hall–Kier alpha value is -3.44. The minimum absolute atomic E-state index is 0.104. The average Bonchev–Trinajstić information content (AvgIpc) is 3.41. The van der Waals surface area contributed by atoms with Gasteiger partial charge in [-0.15, -0.1) is 0 Å². The molecule has 0 aliphatic carbocycles. The van der Waals surface area contributed by atoms with Crippen LogP contribution in [0, 0.1) is 0 Å². The van der Waals surface area contributed by atoms with Crippen LogP contribution in [0.2, 0.25) is 0 Å². The summed E-state index contributed by atoms with van der Waals surface area (Å²) in [5.41, 5.74) is 1.47. The predicted molar refractivity (Wildman–Crippen MR) is 118 cm³/mol. The maximum absolute atomic E-state index is 13.2. The number of carbonyl (C=O) groups is 2. The maximum Gasteiger partial charge on any atom is 0.295 e. The molecule has 2 fully saturated rings. The third-order valence-corrected chi connectivity index (χ3v) is 6.13. The Kier molecular flexibility index (Phi) is 5.04. The van der Waals surface area contributed by atoms with E-state index in [-0.39, 0.29) is 17.4 Å². The van der Waals surface area contributed by atoms with E-state index in [0.717, 1.165) is 29.2 Å². The molecule has 0 spiro atoms. The highest BCUT2D eigenvalue weighted by Gasteiger charge is 2.47. The third-order valence-electron chi connectivity index (χ3n) is 6.13. The minimum atomic E-state index is -0.671. The fourth-order valence-electron chi connectivity index (χ4n) is 4.64. The van der Waals surface area contributed by atoms with E-state index < -0.39 is 17.7 Å². The zero-order valence-corrected chi connectivity index (χ0v) is 17.0. The van der Waals surface area contributed by atoms with Gasteiger partial charge in [0, 0.05) is 18.7 Å². The molecule has 2 unspecified atom stereocenters. The molecule has 0 bridgehead atoms. The molecular formula is C26H23NO4. The number of benzene rings is 3. The Bertz CT molecular complexity index is 1170. The first-order chi connectivity index (χ1) is 15.1. The zero-order valence-electron chi connectivity index (χ0n) is 17.0. The van der Waals surface area contributed by atoms with E-state index in [0.29, 0.717) is 18.7 Å². The van der Waals surface area contributed by atoms with E-state index in [2.05, 4.69) is 0 Å². The van der Waals surface area contributed by atoms with Crippen LogP contribution in [0.1, 0.15) is 30.0 Å². The molecule has 3 aromatic carbocycles. The van der Waals surface area contributed by atoms with Crippen molar-refractivity contribution in [1.29, 1.82) is 0 Å². The normalized spacial score (nSPS) is 23.0. The molecule has 1 N–H and O–H groups in total. The molecule has 2 aliphatic heterocycles. The number of Topliss-reactive ketones (excluding diaryl/α,β-unsaturated/α-hetero) is 1. The summed E-state index contributed by atoms with van der Waals surface area (Å²) < 4.78 is 5.77. The van der Waals surface area contributed by atoms with Crippen LogP contribution in [-0.2, 0) is 14.3 Å². The van der Waals surface area contributed by atoms with Gasteiger partial charge in [0.05, 0.1) is 17.7 Å². The molecule has 2 heterocycles. The van der Waals surface area contributed by atoms with Gasteiger partial charge in [0.15, 0.2) is 0 Å². The molecule has 2 aliphatic rings. The molecule has 3 aromatic rings. The fourth-order valence-corrected chi connectivity index (χ4v) is 4.64. The number of hydrogen-bond donors (Lipinski definition) is 1. The lowest BCUT2D eigenvalue weighted by Gasteiger charge is -2.28. The van der Waals surface area contributed by atoms with Crippen LogP contribution >= 0.6 is 0 Å². The molecule has 5 heteroatoms. The number of likely N-dealkylation sites (tertiary alicyclic amines) is 1. The van der Waals surface area contributed by atoms with Crippen LogP contribution in [-0.4, -0.2) is 41.0 Å². The van der Waals surface area contributed by atoms with Crippen molar-refractivity contribution in [2.45, 2.75) is 25.0 Å². The van der Waals surface area contributed by atoms with Crippen LogP contribution in [0.3, 0.4) is 0 Å². The highest BCUT2D eigenvalue weighted by molar-refractivity contribution is 6.46. The van der Waals surface area contributed by atoms with Gasteiger partial charge in [-0.25, -0.2) is 0 Å². The van der Waals surface area contributed by atoms with Gasteiger partial charge in [-0.2, -0.15) is 0 Å². The Morgan fingerprint density at radius 2 is 1.71 bits per heavy atom. The summed E-state index contributed by atoms with van der Waals surface area (Å²) in [6.45, 7) is 0.988. The fraction of sp³-hybridized carbons (Fsp3) is 0.231. The van der Waals surface area contributed by atoms with Crippen molar-refractivity contribution < 1.29 is 19.4 Å². The summed E-state index contributed by atoms with van der Waals surface area (Å²) in [5.74, 6) is -1.39. The second kappa shape index (κ2) is 8.00. The van der Waals surface area contributed by atoms with Gasteiger partial charge in [-0.1, -0.05) is 72.8 Å². The average molecular weight is 413 g/mol. The van der Waals surface area contributed by atoms with Gasteiger partial charge >= 0.3 is 0 Å². The zero-order chi connectivity index (χ0) is 21.4. The second-order valence-corrected chi connectivity index (χ2v) is 8.02. The van der Waals surface area contributed by atoms with Crippen molar-refractivity contribution in [1.82, 2.24) is 4.90 Å². The summed E-state index contributed by atoms with van der Waals surface area (Å²) >= 11 is 0. The highest BCUT2D eigenvalue weighted by Crippen LogP contribution is 2.42. The van der Waals surface area contributed by atoms with Crippen LogP contribution in [0.25, 0.3) is 16.5 Å². The molecule has 0 aromatic heterocycles. The topological polar surface area (TPSA) is 66.8 Å². The molecule has 31 heavy (non-hydrogen) atoms. The first kappa shape index (κ1) is 19.5. The number of aliphatic hydroxyl groups is 1. The summed E-state index contributed by atoms with van der Waals surface area (Å²) in [5, 5.41) is 13.1. The van der Waals surface area contributed by atoms with Crippen molar-refractivity contribution in [2.24, 2.45) is 0 Å². The molecule has 0 radical (unpaired) electrons. The van der Waals surface area contributed by atoms with Gasteiger partial charge in [0.2, 0.25) is 0 Å². The van der Waals surface area contributed by atoms with E-state index in [1.807, 2.05) is 48.5 Å². The van der Waals surface area contributed by atoms with Crippen LogP contribution in [0.15, 0.2) is 78.4 Å². The SMILES string of the molecule is O=C1C(=O)N(CC2CCCO2)C(c2cccc3ccccc23)/C1=C(/O)c1ccccc1. The molecule has 5 nitrogen and oxygen atoms in total. The minimum Gasteiger partial charge on any atom is -0.507 e. The van der Waals surface area contributed by atoms with Gasteiger partial charge < -0.3 is 14.7 Å². The number of carbonyl (C=O) groups excluding carboxylic acids is 2. The maximum atomic E-state index is 13.2. The van der Waals surface area contributed by atoms with Crippen LogP contribution in [0.4, 0.5) is 0 Å². The number of hydrogen-bond acceptors (Lipinski definition) is 4. The van der Waals surface area contributed by atoms with Gasteiger partial charge in [-0.05, 0) is 29.2 Å². The highest BCUT2D eigenvalue weighted by atomic mass is 16.5. The number of ketones is 1. The molecular weight excluding hydrogens is 390 g/mol. The van der Waals surface area contributed by atoms with E-state index in [4.69, 9.17) is 4.74 Å². The van der Waals surface area contributed by atoms with E-state index in [1.54, 1.807) is 29.2 Å². The van der Waals surface area contributed by atoms with Crippen molar-refractivity contribution in [3.8, 4) is 0 Å². The molecule has 156 valence electrons. The Morgan fingerprint density at radius 3 is 2.48 bits per heavy atom. The van der Waals surface area contributed by atoms with E-state index in [9.17, 15) is 14.7 Å².